The second-order valence-electron chi connectivity index (χ2n) is 5.24. The van der Waals surface area contributed by atoms with E-state index in [1.165, 1.54) is 22.3 Å². The van der Waals surface area contributed by atoms with Crippen molar-refractivity contribution in [2.45, 2.75) is 16.2 Å². The van der Waals surface area contributed by atoms with Crippen LogP contribution < -0.4 is 0 Å². The van der Waals surface area contributed by atoms with Gasteiger partial charge >= 0.3 is 0 Å². The molecule has 1 aliphatic rings. The van der Waals surface area contributed by atoms with E-state index in [1.807, 2.05) is 42.5 Å². The van der Waals surface area contributed by atoms with Crippen molar-refractivity contribution in [1.29, 1.82) is 0 Å². The molecule has 4 rings (SSSR count). The number of hydrogen-bond acceptors (Lipinski definition) is 1. The Labute approximate surface area is 127 Å². The third-order valence-electron chi connectivity index (χ3n) is 3.92. The number of rotatable bonds is 1. The fourth-order valence-corrected chi connectivity index (χ4v) is 4.24. The summed E-state index contributed by atoms with van der Waals surface area (Å²) in [6, 6.07) is 24.6. The van der Waals surface area contributed by atoms with Crippen LogP contribution in [0, 0.1) is 0 Å². The van der Waals surface area contributed by atoms with Crippen molar-refractivity contribution in [1.82, 2.24) is 0 Å². The molecule has 0 saturated carbocycles. The van der Waals surface area contributed by atoms with Crippen LogP contribution in [0.4, 0.5) is 0 Å². The summed E-state index contributed by atoms with van der Waals surface area (Å²) in [5.74, 6) is 0. The summed E-state index contributed by atoms with van der Waals surface area (Å²) in [4.78, 5) is 1.91. The molecule has 1 unspecified atom stereocenters. The second-order valence-corrected chi connectivity index (χ2v) is 6.66. The Morgan fingerprint density at radius 1 is 0.667 bits per heavy atom. The highest BCUT2D eigenvalue weighted by molar-refractivity contribution is 7.91. The van der Waals surface area contributed by atoms with Gasteiger partial charge in [-0.2, -0.15) is 0 Å². The Kier molecular flexibility index (Phi) is 3.06. The minimum atomic E-state index is -1.05. The fraction of sp³-hybridized carbons (Fsp3) is 0.0526. The van der Waals surface area contributed by atoms with Crippen molar-refractivity contribution in [3.05, 3.63) is 83.9 Å². The van der Waals surface area contributed by atoms with Crippen molar-refractivity contribution in [3.8, 4) is 11.1 Å². The Morgan fingerprint density at radius 3 is 2.24 bits per heavy atom. The Morgan fingerprint density at radius 2 is 1.38 bits per heavy atom. The van der Waals surface area contributed by atoms with Gasteiger partial charge in [-0.05, 0) is 35.4 Å². The highest BCUT2D eigenvalue weighted by atomic mass is 32.2. The number of hydrogen-bond donors (Lipinski definition) is 0. The molecule has 0 radical (unpaired) electrons. The van der Waals surface area contributed by atoms with Crippen molar-refractivity contribution < 1.29 is 4.55 Å². The Hall–Kier alpha value is -2.03. The van der Waals surface area contributed by atoms with Crippen LogP contribution in [-0.2, 0) is 17.6 Å². The van der Waals surface area contributed by atoms with E-state index in [0.717, 1.165) is 16.2 Å². The summed E-state index contributed by atoms with van der Waals surface area (Å²) >= 11 is -1.05. The van der Waals surface area contributed by atoms with Gasteiger partial charge in [-0.1, -0.05) is 48.5 Å². The third kappa shape index (κ3) is 2.17. The fourth-order valence-electron chi connectivity index (χ4n) is 2.86. The van der Waals surface area contributed by atoms with Crippen LogP contribution in [0.2, 0.25) is 0 Å². The Bertz CT molecular complexity index is 796. The zero-order valence-corrected chi connectivity index (χ0v) is 12.3. The summed E-state index contributed by atoms with van der Waals surface area (Å²) in [5, 5.41) is 0. The molecule has 3 aromatic carbocycles. The number of benzene rings is 3. The second kappa shape index (κ2) is 5.06. The number of fused-ring (bicyclic) bond motifs is 2. The predicted molar refractivity (Wildman–Crippen MR) is 85.8 cm³/mol. The maximum absolute atomic E-state index is 12.7. The van der Waals surface area contributed by atoms with E-state index in [-0.39, 0.29) is 0 Å². The smallest absolute Gasteiger partial charge is 0.162 e. The van der Waals surface area contributed by atoms with E-state index in [9.17, 15) is 4.55 Å². The van der Waals surface area contributed by atoms with Gasteiger partial charge in [-0.25, -0.2) is 0 Å². The van der Waals surface area contributed by atoms with Crippen molar-refractivity contribution >= 4 is 11.2 Å². The monoisotopic (exact) mass is 290 g/mol. The van der Waals surface area contributed by atoms with Gasteiger partial charge in [0, 0.05) is 28.7 Å². The third-order valence-corrected chi connectivity index (χ3v) is 5.52. The van der Waals surface area contributed by atoms with E-state index in [0.29, 0.717) is 0 Å². The van der Waals surface area contributed by atoms with Crippen LogP contribution in [0.1, 0.15) is 11.1 Å². The molecule has 2 heteroatoms. The maximum Gasteiger partial charge on any atom is 0.162 e. The Balaban J connectivity index is 1.81. The van der Waals surface area contributed by atoms with Crippen molar-refractivity contribution in [2.75, 3.05) is 0 Å². The van der Waals surface area contributed by atoms with Gasteiger partial charge in [0.15, 0.2) is 9.79 Å². The van der Waals surface area contributed by atoms with Gasteiger partial charge in [0.05, 0.1) is 0 Å². The molecule has 0 amide bonds. The van der Waals surface area contributed by atoms with Crippen LogP contribution in [0.3, 0.4) is 0 Å². The largest absolute Gasteiger partial charge is 0.606 e. The standard InChI is InChI=1S/C19H14OS/c20-21-18-9-5-4-8-16(18)13-17-12-15(10-11-19(17)21)14-6-2-1-3-7-14/h1-12H,13H2. The van der Waals surface area contributed by atoms with Crippen LogP contribution >= 0.6 is 0 Å². The van der Waals surface area contributed by atoms with Gasteiger partial charge in [-0.3, -0.25) is 0 Å². The summed E-state index contributed by atoms with van der Waals surface area (Å²) < 4.78 is 12.7. The molecule has 1 atom stereocenters. The van der Waals surface area contributed by atoms with Gasteiger partial charge in [-0.15, -0.1) is 0 Å². The van der Waals surface area contributed by atoms with Crippen LogP contribution in [0.5, 0.6) is 0 Å². The highest BCUT2D eigenvalue weighted by Gasteiger charge is 2.28. The van der Waals surface area contributed by atoms with E-state index in [2.05, 4.69) is 30.3 Å². The first-order chi connectivity index (χ1) is 10.3. The summed E-state index contributed by atoms with van der Waals surface area (Å²) in [6.07, 6.45) is 0.859. The molecule has 0 N–H and O–H groups in total. The lowest BCUT2D eigenvalue weighted by Gasteiger charge is -2.22. The van der Waals surface area contributed by atoms with Gasteiger partial charge < -0.3 is 4.55 Å². The van der Waals surface area contributed by atoms with Crippen molar-refractivity contribution in [2.24, 2.45) is 0 Å². The lowest BCUT2D eigenvalue weighted by molar-refractivity contribution is 0.590. The zero-order chi connectivity index (χ0) is 14.2. The molecule has 0 aliphatic carbocycles. The minimum Gasteiger partial charge on any atom is -0.606 e. The molecule has 0 bridgehead atoms. The molecule has 1 nitrogen and oxygen atoms in total. The first-order valence-corrected chi connectivity index (χ1v) is 8.16. The van der Waals surface area contributed by atoms with Gasteiger partial charge in [0.2, 0.25) is 0 Å². The average Bonchev–Trinajstić information content (AvgIpc) is 2.55. The zero-order valence-electron chi connectivity index (χ0n) is 11.5. The molecule has 3 aromatic rings. The molecule has 0 saturated heterocycles. The van der Waals surface area contributed by atoms with Crippen LogP contribution in [0.25, 0.3) is 11.1 Å². The molecular weight excluding hydrogens is 276 g/mol. The van der Waals surface area contributed by atoms with Gasteiger partial charge in [0.1, 0.15) is 0 Å². The molecule has 1 aliphatic heterocycles. The lowest BCUT2D eigenvalue weighted by atomic mass is 9.98. The normalized spacial score (nSPS) is 16.1. The summed E-state index contributed by atoms with van der Waals surface area (Å²) in [5.41, 5.74) is 4.73. The van der Waals surface area contributed by atoms with E-state index < -0.39 is 11.2 Å². The minimum absolute atomic E-state index is 0.859. The molecule has 0 aromatic heterocycles. The van der Waals surface area contributed by atoms with Gasteiger partial charge in [0.25, 0.3) is 0 Å². The van der Waals surface area contributed by atoms with Crippen LogP contribution in [-0.4, -0.2) is 4.55 Å². The first-order valence-electron chi connectivity index (χ1n) is 7.01. The molecule has 21 heavy (non-hydrogen) atoms. The molecule has 0 fully saturated rings. The molecule has 1 heterocycles. The topological polar surface area (TPSA) is 23.1 Å². The molecule has 102 valence electrons. The summed E-state index contributed by atoms with van der Waals surface area (Å²) in [6.45, 7) is 0. The SMILES string of the molecule is [O-][S+]1c2ccccc2Cc2cc(-c3ccccc3)ccc21. The van der Waals surface area contributed by atoms with Crippen LogP contribution in [0.15, 0.2) is 82.6 Å². The molecular formula is C19H14OS. The maximum atomic E-state index is 12.7. The lowest BCUT2D eigenvalue weighted by Crippen LogP contribution is -2.14. The molecule has 0 spiro atoms. The quantitative estimate of drug-likeness (QED) is 0.608. The first kappa shape index (κ1) is 12.7. The van der Waals surface area contributed by atoms with E-state index in [4.69, 9.17) is 0 Å². The van der Waals surface area contributed by atoms with E-state index >= 15 is 0 Å². The highest BCUT2D eigenvalue weighted by Crippen LogP contribution is 2.36. The van der Waals surface area contributed by atoms with Crippen molar-refractivity contribution in [3.63, 3.8) is 0 Å². The van der Waals surface area contributed by atoms with E-state index in [1.54, 1.807) is 0 Å². The summed E-state index contributed by atoms with van der Waals surface area (Å²) in [7, 11) is 0. The predicted octanol–water partition coefficient (Wildman–Crippen LogP) is 4.42. The average molecular weight is 290 g/mol.